The maximum absolute atomic E-state index is 13.1. The van der Waals surface area contributed by atoms with Crippen LogP contribution in [0.3, 0.4) is 0 Å². The molecule has 0 atom stereocenters. The highest BCUT2D eigenvalue weighted by molar-refractivity contribution is 5.70. The molecule has 0 aliphatic heterocycles. The average Bonchev–Trinajstić information content (AvgIpc) is 2.96. The molecule has 3 aromatic rings. The van der Waals surface area contributed by atoms with Gasteiger partial charge in [-0.05, 0) is 11.6 Å². The molecule has 0 saturated carbocycles. The van der Waals surface area contributed by atoms with E-state index in [-0.39, 0.29) is 5.82 Å². The molecule has 0 radical (unpaired) electrons. The summed E-state index contributed by atoms with van der Waals surface area (Å²) in [5.74, 6) is -0.380. The first-order chi connectivity index (χ1) is 9.78. The first-order valence-corrected chi connectivity index (χ1v) is 5.80. The first kappa shape index (κ1) is 12.0. The molecule has 0 bridgehead atoms. The number of benzene rings is 1. The molecule has 0 aliphatic rings. The molecule has 5 nitrogen and oxygen atoms in total. The highest BCUT2D eigenvalue weighted by atomic mass is 19.1. The second kappa shape index (κ2) is 4.90. The molecule has 0 unspecified atom stereocenters. The fourth-order valence-corrected chi connectivity index (χ4v) is 1.90. The van der Waals surface area contributed by atoms with Crippen molar-refractivity contribution in [1.82, 2.24) is 20.4 Å². The smallest absolute Gasteiger partial charge is 0.163 e. The SMILES string of the molecule is N#Cc1[nH]nnc1-c1ccc(-c2cncc(F)c2)cc1. The largest absolute Gasteiger partial charge is 0.261 e. The number of aromatic nitrogens is 4. The van der Waals surface area contributed by atoms with E-state index in [0.717, 1.165) is 17.3 Å². The highest BCUT2D eigenvalue weighted by Crippen LogP contribution is 2.24. The molecule has 0 fully saturated rings. The number of pyridine rings is 1. The molecule has 2 heterocycles. The van der Waals surface area contributed by atoms with E-state index in [4.69, 9.17) is 5.26 Å². The lowest BCUT2D eigenvalue weighted by molar-refractivity contribution is 0.622. The van der Waals surface area contributed by atoms with Crippen molar-refractivity contribution < 1.29 is 4.39 Å². The van der Waals surface area contributed by atoms with Crippen molar-refractivity contribution in [3.8, 4) is 28.5 Å². The van der Waals surface area contributed by atoms with Gasteiger partial charge in [-0.25, -0.2) is 9.49 Å². The van der Waals surface area contributed by atoms with Crippen LogP contribution in [0.2, 0.25) is 0 Å². The lowest BCUT2D eigenvalue weighted by Gasteiger charge is -2.02. The summed E-state index contributed by atoms with van der Waals surface area (Å²) in [4.78, 5) is 3.81. The van der Waals surface area contributed by atoms with Gasteiger partial charge in [0.05, 0.1) is 6.20 Å². The first-order valence-electron chi connectivity index (χ1n) is 5.80. The molecule has 2 aromatic heterocycles. The van der Waals surface area contributed by atoms with E-state index in [1.54, 1.807) is 18.3 Å². The summed E-state index contributed by atoms with van der Waals surface area (Å²) in [5, 5.41) is 18.9. The Morgan fingerprint density at radius 2 is 1.80 bits per heavy atom. The van der Waals surface area contributed by atoms with Crippen molar-refractivity contribution in [2.24, 2.45) is 0 Å². The third kappa shape index (κ3) is 2.12. The van der Waals surface area contributed by atoms with Crippen LogP contribution < -0.4 is 0 Å². The molecule has 1 aromatic carbocycles. The average molecular weight is 265 g/mol. The van der Waals surface area contributed by atoms with Crippen LogP contribution in [0.1, 0.15) is 5.69 Å². The topological polar surface area (TPSA) is 78.2 Å². The number of nitrogens with one attached hydrogen (secondary N) is 1. The van der Waals surface area contributed by atoms with Gasteiger partial charge in [-0.3, -0.25) is 4.98 Å². The number of rotatable bonds is 2. The molecule has 0 spiro atoms. The zero-order valence-corrected chi connectivity index (χ0v) is 10.2. The molecule has 96 valence electrons. The Balaban J connectivity index is 1.98. The molecule has 0 saturated heterocycles. The molecular formula is C14H8FN5. The van der Waals surface area contributed by atoms with Crippen LogP contribution in [0.15, 0.2) is 42.7 Å². The van der Waals surface area contributed by atoms with Crippen molar-refractivity contribution in [2.75, 3.05) is 0 Å². The molecule has 0 amide bonds. The molecule has 1 N–H and O–H groups in total. The number of halogens is 1. The van der Waals surface area contributed by atoms with Gasteiger partial charge in [0, 0.05) is 17.3 Å². The van der Waals surface area contributed by atoms with Gasteiger partial charge in [-0.1, -0.05) is 29.5 Å². The van der Waals surface area contributed by atoms with E-state index in [2.05, 4.69) is 20.4 Å². The second-order valence-corrected chi connectivity index (χ2v) is 4.12. The molecular weight excluding hydrogens is 257 g/mol. The van der Waals surface area contributed by atoms with Crippen LogP contribution in [-0.4, -0.2) is 20.4 Å². The summed E-state index contributed by atoms with van der Waals surface area (Å²) in [5.41, 5.74) is 3.10. The predicted molar refractivity (Wildman–Crippen MR) is 69.7 cm³/mol. The van der Waals surface area contributed by atoms with Gasteiger partial charge in [0.25, 0.3) is 0 Å². The van der Waals surface area contributed by atoms with Crippen LogP contribution in [0.5, 0.6) is 0 Å². The maximum Gasteiger partial charge on any atom is 0.163 e. The minimum Gasteiger partial charge on any atom is -0.261 e. The zero-order valence-electron chi connectivity index (χ0n) is 10.2. The number of H-pyrrole nitrogens is 1. The Kier molecular flexibility index (Phi) is 2.94. The van der Waals surface area contributed by atoms with Crippen molar-refractivity contribution >= 4 is 0 Å². The van der Waals surface area contributed by atoms with Crippen molar-refractivity contribution in [1.29, 1.82) is 5.26 Å². The van der Waals surface area contributed by atoms with Gasteiger partial charge in [0.15, 0.2) is 5.69 Å². The summed E-state index contributed by atoms with van der Waals surface area (Å²) < 4.78 is 13.1. The third-order valence-corrected chi connectivity index (χ3v) is 2.86. The Morgan fingerprint density at radius 1 is 1.05 bits per heavy atom. The summed E-state index contributed by atoms with van der Waals surface area (Å²) >= 11 is 0. The van der Waals surface area contributed by atoms with E-state index in [0.29, 0.717) is 17.0 Å². The fraction of sp³-hybridized carbons (Fsp3) is 0. The molecule has 6 heteroatoms. The van der Waals surface area contributed by atoms with E-state index in [9.17, 15) is 4.39 Å². The lowest BCUT2D eigenvalue weighted by Crippen LogP contribution is -1.85. The van der Waals surface area contributed by atoms with Crippen molar-refractivity contribution in [3.63, 3.8) is 0 Å². The Hall–Kier alpha value is -3.07. The van der Waals surface area contributed by atoms with Crippen LogP contribution in [-0.2, 0) is 0 Å². The number of aromatic amines is 1. The monoisotopic (exact) mass is 265 g/mol. The lowest BCUT2D eigenvalue weighted by atomic mass is 10.0. The number of nitrogens with zero attached hydrogens (tertiary/aromatic N) is 4. The van der Waals surface area contributed by atoms with Crippen LogP contribution in [0, 0.1) is 17.1 Å². The molecule has 0 aliphatic carbocycles. The summed E-state index contributed by atoms with van der Waals surface area (Å²) in [6, 6.07) is 10.7. The molecule has 3 rings (SSSR count). The minimum atomic E-state index is -0.380. The van der Waals surface area contributed by atoms with Gasteiger partial charge < -0.3 is 0 Å². The Bertz CT molecular complexity index is 786. The highest BCUT2D eigenvalue weighted by Gasteiger charge is 2.09. The van der Waals surface area contributed by atoms with Crippen molar-refractivity contribution in [2.45, 2.75) is 0 Å². The quantitative estimate of drug-likeness (QED) is 0.772. The van der Waals surface area contributed by atoms with Gasteiger partial charge >= 0.3 is 0 Å². The number of nitriles is 1. The summed E-state index contributed by atoms with van der Waals surface area (Å²) in [7, 11) is 0. The van der Waals surface area contributed by atoms with Gasteiger partial charge in [-0.15, -0.1) is 5.10 Å². The van der Waals surface area contributed by atoms with E-state index >= 15 is 0 Å². The van der Waals surface area contributed by atoms with E-state index in [1.165, 1.54) is 6.07 Å². The zero-order chi connectivity index (χ0) is 13.9. The number of hydrogen-bond donors (Lipinski definition) is 1. The second-order valence-electron chi connectivity index (χ2n) is 4.12. The van der Waals surface area contributed by atoms with E-state index < -0.39 is 0 Å². The normalized spacial score (nSPS) is 10.2. The summed E-state index contributed by atoms with van der Waals surface area (Å²) in [6.07, 6.45) is 2.75. The van der Waals surface area contributed by atoms with Crippen molar-refractivity contribution in [3.05, 3.63) is 54.2 Å². The fourth-order valence-electron chi connectivity index (χ4n) is 1.90. The van der Waals surface area contributed by atoms with Gasteiger partial charge in [-0.2, -0.15) is 5.26 Å². The summed E-state index contributed by atoms with van der Waals surface area (Å²) in [6.45, 7) is 0. The maximum atomic E-state index is 13.1. The number of hydrogen-bond acceptors (Lipinski definition) is 4. The van der Waals surface area contributed by atoms with Crippen LogP contribution in [0.25, 0.3) is 22.4 Å². The molecule has 20 heavy (non-hydrogen) atoms. The van der Waals surface area contributed by atoms with Gasteiger partial charge in [0.2, 0.25) is 0 Å². The Labute approximate surface area is 113 Å². The van der Waals surface area contributed by atoms with E-state index in [1.807, 2.05) is 18.2 Å². The predicted octanol–water partition coefficient (Wildman–Crippen LogP) is 2.54. The Morgan fingerprint density at radius 3 is 2.50 bits per heavy atom. The van der Waals surface area contributed by atoms with Gasteiger partial charge in [0.1, 0.15) is 17.6 Å². The van der Waals surface area contributed by atoms with Crippen LogP contribution >= 0.6 is 0 Å². The minimum absolute atomic E-state index is 0.310. The third-order valence-electron chi connectivity index (χ3n) is 2.86. The van der Waals surface area contributed by atoms with Crippen LogP contribution in [0.4, 0.5) is 4.39 Å². The standard InChI is InChI=1S/C14H8FN5/c15-12-5-11(7-17-8-12)9-1-3-10(4-2-9)14-13(6-16)18-20-19-14/h1-5,7-8H,(H,18,19,20).